The maximum Gasteiger partial charge on any atom is 0.224 e. The number of aromatic nitrogens is 1. The number of nitrogens with zero attached hydrogens (tertiary/aromatic N) is 2. The van der Waals surface area contributed by atoms with E-state index in [0.29, 0.717) is 30.1 Å². The van der Waals surface area contributed by atoms with E-state index >= 15 is 0 Å². The number of rotatable bonds is 4. The normalized spacial score (nSPS) is 31.1. The van der Waals surface area contributed by atoms with Gasteiger partial charge in [0.05, 0.1) is 12.0 Å². The third kappa shape index (κ3) is 3.70. The smallest absolute Gasteiger partial charge is 0.224 e. The molecule has 168 valence electrons. The summed E-state index contributed by atoms with van der Waals surface area (Å²) in [6.45, 7) is 5.37. The van der Waals surface area contributed by atoms with Crippen molar-refractivity contribution in [2.75, 3.05) is 20.7 Å². The average molecular weight is 424 g/mol. The van der Waals surface area contributed by atoms with Crippen LogP contribution in [0.3, 0.4) is 0 Å². The molecule has 5 nitrogen and oxygen atoms in total. The van der Waals surface area contributed by atoms with Gasteiger partial charge in [-0.25, -0.2) is 0 Å². The van der Waals surface area contributed by atoms with E-state index < -0.39 is 0 Å². The van der Waals surface area contributed by atoms with E-state index in [1.807, 2.05) is 0 Å². The first kappa shape index (κ1) is 21.0. The second-order valence-corrected chi connectivity index (χ2v) is 10.4. The second-order valence-electron chi connectivity index (χ2n) is 10.4. The minimum Gasteiger partial charge on any atom is -0.381 e. The van der Waals surface area contributed by atoms with E-state index in [4.69, 9.17) is 4.74 Å². The van der Waals surface area contributed by atoms with Gasteiger partial charge in [0.15, 0.2) is 0 Å². The summed E-state index contributed by atoms with van der Waals surface area (Å²) in [5, 5.41) is 4.84. The summed E-state index contributed by atoms with van der Waals surface area (Å²) in [7, 11) is 4.01. The van der Waals surface area contributed by atoms with Gasteiger partial charge in [-0.1, -0.05) is 12.1 Å². The molecule has 3 atom stereocenters. The Hall–Kier alpha value is -1.85. The summed E-state index contributed by atoms with van der Waals surface area (Å²) in [5.74, 6) is 0.747. The number of carbonyl (C=O) groups is 1. The number of hydrogen-bond acceptors (Lipinski definition) is 3. The highest BCUT2D eigenvalue weighted by Gasteiger charge is 2.42. The van der Waals surface area contributed by atoms with E-state index in [2.05, 4.69) is 60.1 Å². The molecule has 1 N–H and O–H groups in total. The molecule has 2 aliphatic carbocycles. The summed E-state index contributed by atoms with van der Waals surface area (Å²) < 4.78 is 7.91. The number of hydrogen-bond donors (Lipinski definition) is 1. The second kappa shape index (κ2) is 8.25. The molecule has 1 aromatic carbocycles. The molecular weight excluding hydrogens is 386 g/mol. The maximum atomic E-state index is 13.2. The van der Waals surface area contributed by atoms with Gasteiger partial charge in [-0.2, -0.15) is 0 Å². The quantitative estimate of drug-likeness (QED) is 0.799. The topological polar surface area (TPSA) is 46.5 Å². The van der Waals surface area contributed by atoms with Crippen LogP contribution in [0.2, 0.25) is 0 Å². The Bertz CT molecular complexity index is 957. The highest BCUT2D eigenvalue weighted by atomic mass is 16.5. The minimum absolute atomic E-state index is 0.0652. The zero-order valence-electron chi connectivity index (χ0n) is 19.4. The molecule has 0 radical (unpaired) electrons. The van der Waals surface area contributed by atoms with Crippen LogP contribution in [-0.4, -0.2) is 54.3 Å². The monoisotopic (exact) mass is 423 g/mol. The van der Waals surface area contributed by atoms with Gasteiger partial charge in [-0.15, -0.1) is 0 Å². The third-order valence-corrected chi connectivity index (χ3v) is 8.16. The molecule has 5 rings (SSSR count). The van der Waals surface area contributed by atoms with Gasteiger partial charge in [-0.05, 0) is 76.6 Å². The Morgan fingerprint density at radius 2 is 1.97 bits per heavy atom. The molecule has 1 aromatic heterocycles. The standard InChI is InChI=1S/C26H37N3O2/c1-16(2)29-15-17-13-24-22(21-6-5-7-23(29)25(17)21)12-18(14-28(24)3)26(30)27-19-8-10-20(31-4)11-9-19/h5-7,15-16,18-20,22,24H,8-14H2,1-4H3,(H,27,30)/t18-,19?,20?,22+,24-/m1/s1. The number of ether oxygens (including phenoxy) is 1. The van der Waals surface area contributed by atoms with Crippen molar-refractivity contribution < 1.29 is 9.53 Å². The molecule has 1 saturated heterocycles. The molecule has 1 amide bonds. The van der Waals surface area contributed by atoms with Gasteiger partial charge in [-0.3, -0.25) is 4.79 Å². The molecule has 31 heavy (non-hydrogen) atoms. The number of carbonyl (C=O) groups excluding carboxylic acids is 1. The number of likely N-dealkylation sites (tertiary alicyclic amines) is 1. The summed E-state index contributed by atoms with van der Waals surface area (Å²) >= 11 is 0. The predicted molar refractivity (Wildman–Crippen MR) is 124 cm³/mol. The van der Waals surface area contributed by atoms with Crippen LogP contribution in [0.15, 0.2) is 24.4 Å². The van der Waals surface area contributed by atoms with Crippen LogP contribution in [-0.2, 0) is 16.0 Å². The number of benzene rings is 1. The minimum atomic E-state index is 0.0652. The van der Waals surface area contributed by atoms with Crippen LogP contribution in [0.25, 0.3) is 10.9 Å². The van der Waals surface area contributed by atoms with Crippen molar-refractivity contribution >= 4 is 16.8 Å². The van der Waals surface area contributed by atoms with Crippen LogP contribution in [0.4, 0.5) is 0 Å². The lowest BCUT2D eigenvalue weighted by Crippen LogP contribution is -2.52. The van der Waals surface area contributed by atoms with E-state index in [1.165, 1.54) is 22.0 Å². The van der Waals surface area contributed by atoms with Crippen LogP contribution >= 0.6 is 0 Å². The zero-order valence-corrected chi connectivity index (χ0v) is 19.4. The molecule has 3 aliphatic rings. The summed E-state index contributed by atoms with van der Waals surface area (Å²) in [5.41, 5.74) is 4.28. The highest BCUT2D eigenvalue weighted by molar-refractivity contribution is 5.89. The largest absolute Gasteiger partial charge is 0.381 e. The molecule has 0 spiro atoms. The molecule has 1 aliphatic heterocycles. The van der Waals surface area contributed by atoms with E-state index in [-0.39, 0.29) is 11.8 Å². The molecule has 0 unspecified atom stereocenters. The Morgan fingerprint density at radius 3 is 2.68 bits per heavy atom. The van der Waals surface area contributed by atoms with Crippen LogP contribution in [0.1, 0.15) is 69.0 Å². The molecule has 1 saturated carbocycles. The molecular formula is C26H37N3O2. The van der Waals surface area contributed by atoms with Crippen molar-refractivity contribution in [2.24, 2.45) is 5.92 Å². The van der Waals surface area contributed by atoms with Gasteiger partial charge >= 0.3 is 0 Å². The fourth-order valence-corrected chi connectivity index (χ4v) is 6.45. The average Bonchev–Trinajstić information content (AvgIpc) is 3.15. The van der Waals surface area contributed by atoms with Gasteiger partial charge in [0.2, 0.25) is 5.91 Å². The lowest BCUT2D eigenvalue weighted by molar-refractivity contribution is -0.128. The van der Waals surface area contributed by atoms with Gasteiger partial charge in [0.1, 0.15) is 0 Å². The molecule has 2 aromatic rings. The highest BCUT2D eigenvalue weighted by Crippen LogP contribution is 2.45. The fraction of sp³-hybridized carbons (Fsp3) is 0.654. The predicted octanol–water partition coefficient (Wildman–Crippen LogP) is 4.26. The van der Waals surface area contributed by atoms with Crippen molar-refractivity contribution in [3.8, 4) is 0 Å². The SMILES string of the molecule is COC1CCC(NC(=O)[C@@H]2C[C@H]3c4cccc5c4c(cn5C(C)C)C[C@H]3N(C)C2)CC1. The summed E-state index contributed by atoms with van der Waals surface area (Å²) in [6, 6.07) is 8.03. The number of likely N-dealkylation sites (N-methyl/N-ethyl adjacent to an activating group) is 1. The van der Waals surface area contributed by atoms with E-state index in [1.54, 1.807) is 7.11 Å². The van der Waals surface area contributed by atoms with Crippen molar-refractivity contribution in [3.05, 3.63) is 35.5 Å². The third-order valence-electron chi connectivity index (χ3n) is 8.16. The maximum absolute atomic E-state index is 13.2. The van der Waals surface area contributed by atoms with Crippen molar-refractivity contribution in [1.82, 2.24) is 14.8 Å². The number of piperidine rings is 1. The first-order valence-electron chi connectivity index (χ1n) is 12.1. The molecule has 0 bridgehead atoms. The van der Waals surface area contributed by atoms with Crippen LogP contribution in [0.5, 0.6) is 0 Å². The number of methoxy groups -OCH3 is 1. The fourth-order valence-electron chi connectivity index (χ4n) is 6.45. The lowest BCUT2D eigenvalue weighted by atomic mass is 9.72. The van der Waals surface area contributed by atoms with E-state index in [0.717, 1.165) is 45.1 Å². The number of nitrogens with one attached hydrogen (secondary N) is 1. The van der Waals surface area contributed by atoms with Gasteiger partial charge in [0, 0.05) is 54.8 Å². The van der Waals surface area contributed by atoms with Crippen molar-refractivity contribution in [3.63, 3.8) is 0 Å². The first-order valence-corrected chi connectivity index (χ1v) is 12.1. The lowest BCUT2D eigenvalue weighted by Gasteiger charge is -2.45. The molecule has 5 heteroatoms. The zero-order chi connectivity index (χ0) is 21.7. The molecule has 2 fully saturated rings. The Balaban J connectivity index is 1.36. The van der Waals surface area contributed by atoms with E-state index in [9.17, 15) is 4.79 Å². The van der Waals surface area contributed by atoms with Gasteiger partial charge < -0.3 is 19.5 Å². The Morgan fingerprint density at radius 1 is 1.19 bits per heavy atom. The van der Waals surface area contributed by atoms with Crippen molar-refractivity contribution in [2.45, 2.75) is 82.5 Å². The number of fused-ring (bicyclic) bond motifs is 2. The Labute approximate surface area is 186 Å². The van der Waals surface area contributed by atoms with Gasteiger partial charge in [0.25, 0.3) is 0 Å². The molecule has 2 heterocycles. The summed E-state index contributed by atoms with van der Waals surface area (Å²) in [4.78, 5) is 15.7. The Kier molecular flexibility index (Phi) is 5.59. The van der Waals surface area contributed by atoms with Crippen LogP contribution in [0, 0.1) is 5.92 Å². The van der Waals surface area contributed by atoms with Crippen molar-refractivity contribution in [1.29, 1.82) is 0 Å². The first-order chi connectivity index (χ1) is 15.0. The summed E-state index contributed by atoms with van der Waals surface area (Å²) in [6.07, 6.45) is 8.95. The number of amides is 1. The van der Waals surface area contributed by atoms with Crippen LogP contribution < -0.4 is 5.32 Å².